The second-order valence-electron chi connectivity index (χ2n) is 4.44. The van der Waals surface area contributed by atoms with Crippen molar-refractivity contribution in [2.24, 2.45) is 0 Å². The second-order valence-corrected chi connectivity index (χ2v) is 5.61. The number of aromatic nitrogens is 2. The van der Waals surface area contributed by atoms with E-state index in [0.29, 0.717) is 31.9 Å². The van der Waals surface area contributed by atoms with Crippen molar-refractivity contribution in [1.29, 1.82) is 0 Å². The first-order chi connectivity index (χ1) is 9.56. The highest BCUT2D eigenvalue weighted by atomic mass is 35.5. The monoisotopic (exact) mass is 322 g/mol. The fourth-order valence-corrected chi connectivity index (χ4v) is 2.73. The number of hydrogen-bond donors (Lipinski definition) is 0. The van der Waals surface area contributed by atoms with Crippen LogP contribution in [0.2, 0.25) is 15.2 Å². The second kappa shape index (κ2) is 5.21. The van der Waals surface area contributed by atoms with Gasteiger partial charge in [0.15, 0.2) is 5.82 Å². The predicted octanol–water partition coefficient (Wildman–Crippen LogP) is 5.57. The van der Waals surface area contributed by atoms with Crippen molar-refractivity contribution in [2.75, 3.05) is 0 Å². The first-order valence-corrected chi connectivity index (χ1v) is 7.08. The van der Waals surface area contributed by atoms with Crippen LogP contribution in [0.25, 0.3) is 22.3 Å². The van der Waals surface area contributed by atoms with Gasteiger partial charge in [0, 0.05) is 10.6 Å². The summed E-state index contributed by atoms with van der Waals surface area (Å²) < 4.78 is 0. The molecule has 3 aromatic rings. The van der Waals surface area contributed by atoms with Gasteiger partial charge in [-0.2, -0.15) is 0 Å². The van der Waals surface area contributed by atoms with E-state index >= 15 is 0 Å². The molecule has 20 heavy (non-hydrogen) atoms. The van der Waals surface area contributed by atoms with Crippen LogP contribution in [0.1, 0.15) is 5.56 Å². The number of benzene rings is 2. The maximum Gasteiger partial charge on any atom is 0.161 e. The van der Waals surface area contributed by atoms with Crippen LogP contribution < -0.4 is 0 Å². The Labute approximate surface area is 131 Å². The zero-order valence-corrected chi connectivity index (χ0v) is 12.8. The zero-order valence-electron chi connectivity index (χ0n) is 10.5. The zero-order chi connectivity index (χ0) is 14.3. The van der Waals surface area contributed by atoms with Gasteiger partial charge in [0.2, 0.25) is 0 Å². The summed E-state index contributed by atoms with van der Waals surface area (Å²) >= 11 is 18.5. The van der Waals surface area contributed by atoms with Gasteiger partial charge in [0.05, 0.1) is 15.9 Å². The van der Waals surface area contributed by atoms with Crippen molar-refractivity contribution in [3.63, 3.8) is 0 Å². The van der Waals surface area contributed by atoms with Gasteiger partial charge in [-0.1, -0.05) is 53.0 Å². The quantitative estimate of drug-likeness (QED) is 0.547. The summed E-state index contributed by atoms with van der Waals surface area (Å²) in [5.74, 6) is 0.534. The summed E-state index contributed by atoms with van der Waals surface area (Å²) in [6, 6.07) is 11.1. The van der Waals surface area contributed by atoms with Crippen molar-refractivity contribution in [2.45, 2.75) is 6.92 Å². The first kappa shape index (κ1) is 13.6. The van der Waals surface area contributed by atoms with E-state index in [9.17, 15) is 0 Å². The minimum Gasteiger partial charge on any atom is -0.228 e. The van der Waals surface area contributed by atoms with Crippen molar-refractivity contribution < 1.29 is 0 Å². The van der Waals surface area contributed by atoms with Crippen LogP contribution in [0, 0.1) is 6.92 Å². The molecular formula is C15H9Cl3N2. The summed E-state index contributed by atoms with van der Waals surface area (Å²) in [6.07, 6.45) is 0. The van der Waals surface area contributed by atoms with Crippen LogP contribution in [0.4, 0.5) is 0 Å². The molecule has 100 valence electrons. The van der Waals surface area contributed by atoms with Crippen molar-refractivity contribution >= 4 is 45.7 Å². The number of nitrogens with zero attached hydrogens (tertiary/aromatic N) is 2. The molecular weight excluding hydrogens is 315 g/mol. The van der Waals surface area contributed by atoms with Crippen molar-refractivity contribution in [1.82, 2.24) is 9.97 Å². The molecule has 2 nitrogen and oxygen atoms in total. The lowest BCUT2D eigenvalue weighted by atomic mass is 10.1. The molecule has 0 aliphatic carbocycles. The Bertz CT molecular complexity index is 816. The van der Waals surface area contributed by atoms with Gasteiger partial charge >= 0.3 is 0 Å². The molecule has 0 aliphatic rings. The van der Waals surface area contributed by atoms with Crippen LogP contribution in [-0.2, 0) is 0 Å². The Morgan fingerprint density at radius 3 is 2.45 bits per heavy atom. The maximum absolute atomic E-state index is 6.22. The number of rotatable bonds is 1. The van der Waals surface area contributed by atoms with Crippen LogP contribution in [-0.4, -0.2) is 9.97 Å². The van der Waals surface area contributed by atoms with Gasteiger partial charge in [-0.25, -0.2) is 9.97 Å². The third-order valence-corrected chi connectivity index (χ3v) is 4.05. The molecule has 1 aromatic heterocycles. The summed E-state index contributed by atoms with van der Waals surface area (Å²) in [5, 5.41) is 2.22. The molecule has 5 heteroatoms. The van der Waals surface area contributed by atoms with E-state index in [1.807, 2.05) is 37.3 Å². The summed E-state index contributed by atoms with van der Waals surface area (Å²) in [7, 11) is 0. The smallest absolute Gasteiger partial charge is 0.161 e. The standard InChI is InChI=1S/C15H9Cl3N2/c1-8-5-6-9(7-11(8)17)15-19-12-4-2-3-10(16)13(12)14(18)20-15/h2-7H,1H3. The predicted molar refractivity (Wildman–Crippen MR) is 84.7 cm³/mol. The Hall–Kier alpha value is -1.35. The lowest BCUT2D eigenvalue weighted by Gasteiger charge is -2.07. The maximum atomic E-state index is 6.22. The largest absolute Gasteiger partial charge is 0.228 e. The van der Waals surface area contributed by atoms with Crippen LogP contribution >= 0.6 is 34.8 Å². The molecule has 0 radical (unpaired) electrons. The molecule has 0 saturated carbocycles. The van der Waals surface area contributed by atoms with Gasteiger partial charge in [-0.05, 0) is 30.7 Å². The van der Waals surface area contributed by atoms with E-state index in [2.05, 4.69) is 9.97 Å². The molecule has 0 spiro atoms. The summed E-state index contributed by atoms with van der Waals surface area (Å²) in [6.45, 7) is 1.94. The Kier molecular flexibility index (Phi) is 3.55. The fourth-order valence-electron chi connectivity index (χ4n) is 1.96. The van der Waals surface area contributed by atoms with E-state index in [4.69, 9.17) is 34.8 Å². The van der Waals surface area contributed by atoms with Gasteiger partial charge in [-0.15, -0.1) is 0 Å². The minimum atomic E-state index is 0.340. The first-order valence-electron chi connectivity index (χ1n) is 5.94. The molecule has 0 unspecified atom stereocenters. The highest BCUT2D eigenvalue weighted by Crippen LogP contribution is 2.31. The Balaban J connectivity index is 2.25. The van der Waals surface area contributed by atoms with E-state index in [-0.39, 0.29) is 0 Å². The average molecular weight is 324 g/mol. The number of hydrogen-bond acceptors (Lipinski definition) is 2. The van der Waals surface area contributed by atoms with Gasteiger partial charge in [0.1, 0.15) is 5.15 Å². The highest BCUT2D eigenvalue weighted by Gasteiger charge is 2.11. The van der Waals surface area contributed by atoms with E-state index < -0.39 is 0 Å². The Morgan fingerprint density at radius 2 is 1.70 bits per heavy atom. The minimum absolute atomic E-state index is 0.340. The van der Waals surface area contributed by atoms with Crippen LogP contribution in [0.5, 0.6) is 0 Å². The third kappa shape index (κ3) is 2.35. The third-order valence-electron chi connectivity index (χ3n) is 3.06. The van der Waals surface area contributed by atoms with Crippen molar-refractivity contribution in [3.8, 4) is 11.4 Å². The lowest BCUT2D eigenvalue weighted by Crippen LogP contribution is -1.92. The molecule has 0 bridgehead atoms. The molecule has 0 N–H and O–H groups in total. The van der Waals surface area contributed by atoms with E-state index in [0.717, 1.165) is 11.1 Å². The number of aryl methyl sites for hydroxylation is 1. The van der Waals surface area contributed by atoms with Gasteiger partial charge in [0.25, 0.3) is 0 Å². The Morgan fingerprint density at radius 1 is 0.900 bits per heavy atom. The molecule has 0 aliphatic heterocycles. The molecule has 1 heterocycles. The fraction of sp³-hybridized carbons (Fsp3) is 0.0667. The van der Waals surface area contributed by atoms with Crippen molar-refractivity contribution in [3.05, 3.63) is 57.2 Å². The normalized spacial score (nSPS) is 11.0. The summed E-state index contributed by atoms with van der Waals surface area (Å²) in [4.78, 5) is 8.81. The molecule has 0 atom stereocenters. The molecule has 3 rings (SSSR count). The molecule has 0 saturated heterocycles. The number of halogens is 3. The van der Waals surface area contributed by atoms with Crippen LogP contribution in [0.15, 0.2) is 36.4 Å². The summed E-state index contributed by atoms with van der Waals surface area (Å²) in [5.41, 5.74) is 2.54. The number of fused-ring (bicyclic) bond motifs is 1. The van der Waals surface area contributed by atoms with Gasteiger partial charge < -0.3 is 0 Å². The topological polar surface area (TPSA) is 25.8 Å². The van der Waals surface area contributed by atoms with E-state index in [1.165, 1.54) is 0 Å². The lowest BCUT2D eigenvalue weighted by molar-refractivity contribution is 1.22. The molecule has 0 amide bonds. The van der Waals surface area contributed by atoms with E-state index in [1.54, 1.807) is 6.07 Å². The van der Waals surface area contributed by atoms with Crippen LogP contribution in [0.3, 0.4) is 0 Å². The van der Waals surface area contributed by atoms with Gasteiger partial charge in [-0.3, -0.25) is 0 Å². The SMILES string of the molecule is Cc1ccc(-c2nc(Cl)c3c(Cl)cccc3n2)cc1Cl. The highest BCUT2D eigenvalue weighted by molar-refractivity contribution is 6.41. The average Bonchev–Trinajstić information content (AvgIpc) is 2.41. The molecule has 0 fully saturated rings. The molecule has 2 aromatic carbocycles.